The highest BCUT2D eigenvalue weighted by Gasteiger charge is 2.26. The molecular weight excluding hydrogens is 172 g/mol. The van der Waals surface area contributed by atoms with Crippen molar-refractivity contribution in [3.8, 4) is 0 Å². The molecule has 1 aromatic heterocycles. The first-order chi connectivity index (χ1) is 5.86. The number of aromatic amines is 1. The highest BCUT2D eigenvalue weighted by atomic mass is 32.2. The molecule has 1 aromatic rings. The van der Waals surface area contributed by atoms with Gasteiger partial charge in [-0.15, -0.1) is 0 Å². The summed E-state index contributed by atoms with van der Waals surface area (Å²) in [5, 5.41) is 10.8. The largest absolute Gasteiger partial charge is 0.392 e. The van der Waals surface area contributed by atoms with Gasteiger partial charge < -0.3 is 10.1 Å². The van der Waals surface area contributed by atoms with Gasteiger partial charge in [0, 0.05) is 17.6 Å². The zero-order valence-corrected chi connectivity index (χ0v) is 7.55. The fraction of sp³-hybridized carbons (Fsp3) is 0.625. The third kappa shape index (κ3) is 1.64. The number of hydrogen-bond donors (Lipinski definition) is 2. The minimum Gasteiger partial charge on any atom is -0.392 e. The van der Waals surface area contributed by atoms with Crippen LogP contribution in [-0.4, -0.2) is 26.4 Å². The quantitative estimate of drug-likeness (QED) is 0.730. The van der Waals surface area contributed by atoms with E-state index in [1.165, 1.54) is 0 Å². The maximum atomic E-state index is 9.53. The molecule has 1 fully saturated rings. The van der Waals surface area contributed by atoms with Crippen LogP contribution in [0.25, 0.3) is 0 Å². The lowest BCUT2D eigenvalue weighted by atomic mass is 10.3. The molecule has 2 N–H and O–H groups in total. The molecule has 0 saturated heterocycles. The number of nitrogens with zero attached hydrogens (tertiary/aromatic N) is 1. The second-order valence-electron chi connectivity index (χ2n) is 3.05. The summed E-state index contributed by atoms with van der Waals surface area (Å²) in [5.41, 5.74) is 0. The number of thioether (sulfide) groups is 1. The third-order valence-electron chi connectivity index (χ3n) is 2.15. The topological polar surface area (TPSA) is 48.9 Å². The summed E-state index contributed by atoms with van der Waals surface area (Å²) in [7, 11) is 0. The minimum absolute atomic E-state index is 0.139. The van der Waals surface area contributed by atoms with E-state index in [0.717, 1.165) is 24.4 Å². The van der Waals surface area contributed by atoms with Crippen LogP contribution in [0.4, 0.5) is 0 Å². The molecule has 12 heavy (non-hydrogen) atoms. The standard InChI is InChI=1S/C8H12N2OS/c11-6-2-1-3-7(6)12-8-9-4-5-10-8/h4-7,11H,1-3H2,(H,9,10). The molecule has 0 aliphatic heterocycles. The van der Waals surface area contributed by atoms with Crippen LogP contribution in [0.3, 0.4) is 0 Å². The number of aliphatic hydroxyl groups is 1. The van der Waals surface area contributed by atoms with Gasteiger partial charge in [-0.25, -0.2) is 4.98 Å². The van der Waals surface area contributed by atoms with Crippen LogP contribution in [0.15, 0.2) is 17.6 Å². The smallest absolute Gasteiger partial charge is 0.165 e. The monoisotopic (exact) mass is 184 g/mol. The number of H-pyrrole nitrogens is 1. The van der Waals surface area contributed by atoms with Gasteiger partial charge in [0.1, 0.15) is 0 Å². The van der Waals surface area contributed by atoms with Gasteiger partial charge in [-0.3, -0.25) is 0 Å². The molecule has 0 amide bonds. The first-order valence-corrected chi connectivity index (χ1v) is 5.08. The van der Waals surface area contributed by atoms with Crippen LogP contribution in [0, 0.1) is 0 Å². The second-order valence-corrected chi connectivity index (χ2v) is 4.28. The minimum atomic E-state index is -0.139. The number of imidazole rings is 1. The van der Waals surface area contributed by atoms with Gasteiger partial charge in [0.15, 0.2) is 5.16 Å². The Kier molecular flexibility index (Phi) is 2.37. The second kappa shape index (κ2) is 3.49. The molecule has 0 radical (unpaired) electrons. The van der Waals surface area contributed by atoms with Gasteiger partial charge in [0.25, 0.3) is 0 Å². The molecule has 1 saturated carbocycles. The lowest BCUT2D eigenvalue weighted by Gasteiger charge is -2.10. The zero-order valence-electron chi connectivity index (χ0n) is 6.73. The molecule has 0 spiro atoms. The van der Waals surface area contributed by atoms with Crippen molar-refractivity contribution in [1.82, 2.24) is 9.97 Å². The van der Waals surface area contributed by atoms with Crippen LogP contribution in [-0.2, 0) is 0 Å². The van der Waals surface area contributed by atoms with Gasteiger partial charge in [-0.2, -0.15) is 0 Å². The van der Waals surface area contributed by atoms with Crippen LogP contribution < -0.4 is 0 Å². The highest BCUT2D eigenvalue weighted by Crippen LogP contribution is 2.32. The molecule has 0 aromatic carbocycles. The van der Waals surface area contributed by atoms with Gasteiger partial charge in [-0.05, 0) is 19.3 Å². The first-order valence-electron chi connectivity index (χ1n) is 4.20. The van der Waals surface area contributed by atoms with Crippen LogP contribution in [0.5, 0.6) is 0 Å². The number of nitrogens with one attached hydrogen (secondary N) is 1. The molecule has 2 rings (SSSR count). The van der Waals surface area contributed by atoms with Crippen molar-refractivity contribution < 1.29 is 5.11 Å². The van der Waals surface area contributed by atoms with Gasteiger partial charge in [-0.1, -0.05) is 11.8 Å². The van der Waals surface area contributed by atoms with E-state index < -0.39 is 0 Å². The summed E-state index contributed by atoms with van der Waals surface area (Å²) >= 11 is 1.65. The molecule has 1 heterocycles. The molecule has 1 aliphatic rings. The number of rotatable bonds is 2. The van der Waals surface area contributed by atoms with Gasteiger partial charge >= 0.3 is 0 Å². The molecule has 66 valence electrons. The molecule has 4 heteroatoms. The Balaban J connectivity index is 1.95. The number of aliphatic hydroxyl groups excluding tert-OH is 1. The van der Waals surface area contributed by atoms with E-state index in [9.17, 15) is 5.11 Å². The molecule has 1 aliphatic carbocycles. The SMILES string of the molecule is OC1CCCC1Sc1ncc[nH]1. The van der Waals surface area contributed by atoms with Crippen LogP contribution >= 0.6 is 11.8 Å². The summed E-state index contributed by atoms with van der Waals surface area (Å²) in [6.07, 6.45) is 6.60. The van der Waals surface area contributed by atoms with Crippen LogP contribution in [0.1, 0.15) is 19.3 Å². The van der Waals surface area contributed by atoms with Gasteiger partial charge in [0.05, 0.1) is 6.10 Å². The Labute approximate surface area is 75.6 Å². The third-order valence-corrected chi connectivity index (χ3v) is 3.45. The zero-order chi connectivity index (χ0) is 8.39. The lowest BCUT2D eigenvalue weighted by Crippen LogP contribution is -2.15. The van der Waals surface area contributed by atoms with E-state index in [-0.39, 0.29) is 6.10 Å². The van der Waals surface area contributed by atoms with Crippen molar-refractivity contribution in [2.24, 2.45) is 0 Å². The lowest BCUT2D eigenvalue weighted by molar-refractivity contribution is 0.188. The Bertz CT molecular complexity index is 237. The number of hydrogen-bond acceptors (Lipinski definition) is 3. The Hall–Kier alpha value is -0.480. The molecular formula is C8H12N2OS. The van der Waals surface area contributed by atoms with Crippen molar-refractivity contribution >= 4 is 11.8 Å². The average molecular weight is 184 g/mol. The van der Waals surface area contributed by atoms with E-state index in [4.69, 9.17) is 0 Å². The molecule has 2 unspecified atom stereocenters. The van der Waals surface area contributed by atoms with E-state index in [2.05, 4.69) is 9.97 Å². The predicted octanol–water partition coefficient (Wildman–Crippen LogP) is 1.42. The van der Waals surface area contributed by atoms with Crippen molar-refractivity contribution in [3.63, 3.8) is 0 Å². The average Bonchev–Trinajstić information content (AvgIpc) is 2.65. The molecule has 0 bridgehead atoms. The van der Waals surface area contributed by atoms with Crippen molar-refractivity contribution in [3.05, 3.63) is 12.4 Å². The van der Waals surface area contributed by atoms with E-state index >= 15 is 0 Å². The number of aromatic nitrogens is 2. The maximum absolute atomic E-state index is 9.53. The first kappa shape index (κ1) is 8.13. The van der Waals surface area contributed by atoms with Crippen molar-refractivity contribution in [2.45, 2.75) is 35.8 Å². The molecule has 2 atom stereocenters. The Morgan fingerprint density at radius 3 is 3.08 bits per heavy atom. The highest BCUT2D eigenvalue weighted by molar-refractivity contribution is 7.99. The Morgan fingerprint density at radius 1 is 1.58 bits per heavy atom. The summed E-state index contributed by atoms with van der Waals surface area (Å²) in [6.45, 7) is 0. The fourth-order valence-corrected chi connectivity index (χ4v) is 2.62. The molecule has 3 nitrogen and oxygen atoms in total. The van der Waals surface area contributed by atoms with E-state index in [1.807, 2.05) is 6.20 Å². The van der Waals surface area contributed by atoms with Gasteiger partial charge in [0.2, 0.25) is 0 Å². The van der Waals surface area contributed by atoms with Crippen molar-refractivity contribution in [2.75, 3.05) is 0 Å². The Morgan fingerprint density at radius 2 is 2.50 bits per heavy atom. The fourth-order valence-electron chi connectivity index (χ4n) is 1.50. The van der Waals surface area contributed by atoms with E-state index in [1.54, 1.807) is 18.0 Å². The van der Waals surface area contributed by atoms with E-state index in [0.29, 0.717) is 5.25 Å². The summed E-state index contributed by atoms with van der Waals surface area (Å²) in [5.74, 6) is 0. The summed E-state index contributed by atoms with van der Waals surface area (Å²) < 4.78 is 0. The summed E-state index contributed by atoms with van der Waals surface area (Å²) in [6, 6.07) is 0. The predicted molar refractivity (Wildman–Crippen MR) is 48.1 cm³/mol. The van der Waals surface area contributed by atoms with Crippen molar-refractivity contribution in [1.29, 1.82) is 0 Å². The normalized spacial score (nSPS) is 29.4. The maximum Gasteiger partial charge on any atom is 0.165 e. The van der Waals surface area contributed by atoms with Crippen LogP contribution in [0.2, 0.25) is 0 Å². The summed E-state index contributed by atoms with van der Waals surface area (Å²) in [4.78, 5) is 7.14.